The van der Waals surface area contributed by atoms with E-state index in [9.17, 15) is 0 Å². The second-order valence-corrected chi connectivity index (χ2v) is 6.10. The predicted octanol–water partition coefficient (Wildman–Crippen LogP) is 1.54. The van der Waals surface area contributed by atoms with Crippen LogP contribution in [-0.4, -0.2) is 60.6 Å². The molecule has 2 atom stereocenters. The molecule has 3 nitrogen and oxygen atoms in total. The molecule has 2 unspecified atom stereocenters. The van der Waals surface area contributed by atoms with Crippen LogP contribution in [0.5, 0.6) is 0 Å². The molecule has 0 aliphatic carbocycles. The SMILES string of the molecule is CC(C)NCCCN1CC2CCCN2CC1C. The molecule has 0 aromatic rings. The molecule has 2 rings (SSSR count). The lowest BCUT2D eigenvalue weighted by molar-refractivity contribution is 0.0588. The Morgan fingerprint density at radius 2 is 2.12 bits per heavy atom. The van der Waals surface area contributed by atoms with Gasteiger partial charge in [0.15, 0.2) is 0 Å². The van der Waals surface area contributed by atoms with Crippen LogP contribution in [-0.2, 0) is 0 Å². The minimum atomic E-state index is 0.624. The first-order chi connectivity index (χ1) is 8.16. The highest BCUT2D eigenvalue weighted by Crippen LogP contribution is 2.24. The second kappa shape index (κ2) is 6.17. The van der Waals surface area contributed by atoms with E-state index in [4.69, 9.17) is 0 Å². The third-order valence-electron chi connectivity index (χ3n) is 4.24. The third kappa shape index (κ3) is 3.67. The first-order valence-electron chi connectivity index (χ1n) is 7.38. The first-order valence-corrected chi connectivity index (χ1v) is 7.38. The van der Waals surface area contributed by atoms with Crippen LogP contribution in [0.25, 0.3) is 0 Å². The van der Waals surface area contributed by atoms with Crippen molar-refractivity contribution in [2.24, 2.45) is 0 Å². The summed E-state index contributed by atoms with van der Waals surface area (Å²) < 4.78 is 0. The zero-order valence-electron chi connectivity index (χ0n) is 11.8. The van der Waals surface area contributed by atoms with Gasteiger partial charge in [0, 0.05) is 31.2 Å². The first kappa shape index (κ1) is 13.3. The minimum Gasteiger partial charge on any atom is -0.314 e. The molecule has 0 radical (unpaired) electrons. The van der Waals surface area contributed by atoms with Gasteiger partial charge in [-0.25, -0.2) is 0 Å². The maximum Gasteiger partial charge on any atom is 0.0224 e. The summed E-state index contributed by atoms with van der Waals surface area (Å²) >= 11 is 0. The van der Waals surface area contributed by atoms with Gasteiger partial charge in [0.1, 0.15) is 0 Å². The molecule has 3 heteroatoms. The van der Waals surface area contributed by atoms with E-state index in [0.29, 0.717) is 6.04 Å². The zero-order valence-corrected chi connectivity index (χ0v) is 11.8. The van der Waals surface area contributed by atoms with Crippen molar-refractivity contribution in [3.8, 4) is 0 Å². The topological polar surface area (TPSA) is 18.5 Å². The van der Waals surface area contributed by atoms with Crippen molar-refractivity contribution >= 4 is 0 Å². The van der Waals surface area contributed by atoms with E-state index < -0.39 is 0 Å². The highest BCUT2D eigenvalue weighted by atomic mass is 15.3. The Labute approximate surface area is 107 Å². The Morgan fingerprint density at radius 3 is 2.88 bits per heavy atom. The zero-order chi connectivity index (χ0) is 12.3. The van der Waals surface area contributed by atoms with E-state index in [1.54, 1.807) is 0 Å². The lowest BCUT2D eigenvalue weighted by Gasteiger charge is -2.42. The van der Waals surface area contributed by atoms with E-state index in [1.165, 1.54) is 45.4 Å². The Hall–Kier alpha value is -0.120. The second-order valence-electron chi connectivity index (χ2n) is 6.10. The molecule has 2 heterocycles. The Kier molecular flexibility index (Phi) is 4.83. The van der Waals surface area contributed by atoms with E-state index in [1.807, 2.05) is 0 Å². The summed E-state index contributed by atoms with van der Waals surface area (Å²) in [6.45, 7) is 13.2. The van der Waals surface area contributed by atoms with Crippen LogP contribution in [0, 0.1) is 0 Å². The smallest absolute Gasteiger partial charge is 0.0224 e. The maximum absolute atomic E-state index is 3.51. The molecule has 0 bridgehead atoms. The molecule has 0 saturated carbocycles. The molecular weight excluding hydrogens is 210 g/mol. The predicted molar refractivity (Wildman–Crippen MR) is 73.4 cm³/mol. The van der Waals surface area contributed by atoms with Crippen molar-refractivity contribution in [3.63, 3.8) is 0 Å². The van der Waals surface area contributed by atoms with E-state index in [2.05, 4.69) is 35.9 Å². The molecule has 1 N–H and O–H groups in total. The van der Waals surface area contributed by atoms with Gasteiger partial charge in [-0.2, -0.15) is 0 Å². The van der Waals surface area contributed by atoms with Crippen molar-refractivity contribution in [1.29, 1.82) is 0 Å². The van der Waals surface area contributed by atoms with Gasteiger partial charge in [0.2, 0.25) is 0 Å². The number of nitrogens with one attached hydrogen (secondary N) is 1. The molecule has 2 aliphatic heterocycles. The largest absolute Gasteiger partial charge is 0.314 e. The molecule has 17 heavy (non-hydrogen) atoms. The highest BCUT2D eigenvalue weighted by Gasteiger charge is 2.33. The van der Waals surface area contributed by atoms with E-state index in [-0.39, 0.29) is 0 Å². The highest BCUT2D eigenvalue weighted by molar-refractivity contribution is 4.90. The normalized spacial score (nSPS) is 31.1. The van der Waals surface area contributed by atoms with Crippen molar-refractivity contribution < 1.29 is 0 Å². The molecular formula is C14H29N3. The van der Waals surface area contributed by atoms with Crippen molar-refractivity contribution in [3.05, 3.63) is 0 Å². The third-order valence-corrected chi connectivity index (χ3v) is 4.24. The fourth-order valence-corrected chi connectivity index (χ4v) is 3.23. The summed E-state index contributed by atoms with van der Waals surface area (Å²) in [5.74, 6) is 0. The molecule has 100 valence electrons. The average molecular weight is 239 g/mol. The maximum atomic E-state index is 3.51. The van der Waals surface area contributed by atoms with Crippen LogP contribution in [0.2, 0.25) is 0 Å². The summed E-state index contributed by atoms with van der Waals surface area (Å²) in [5.41, 5.74) is 0. The van der Waals surface area contributed by atoms with Crippen molar-refractivity contribution in [1.82, 2.24) is 15.1 Å². The number of piperazine rings is 1. The van der Waals surface area contributed by atoms with Crippen LogP contribution in [0.3, 0.4) is 0 Å². The lowest BCUT2D eigenvalue weighted by Crippen LogP contribution is -2.55. The van der Waals surface area contributed by atoms with Gasteiger partial charge in [0.05, 0.1) is 0 Å². The Morgan fingerprint density at radius 1 is 1.29 bits per heavy atom. The van der Waals surface area contributed by atoms with Gasteiger partial charge in [-0.1, -0.05) is 13.8 Å². The number of fused-ring (bicyclic) bond motifs is 1. The Bertz CT molecular complexity index is 230. The van der Waals surface area contributed by atoms with Gasteiger partial charge in [-0.05, 0) is 45.8 Å². The fourth-order valence-electron chi connectivity index (χ4n) is 3.23. The molecule has 2 aliphatic rings. The van der Waals surface area contributed by atoms with Gasteiger partial charge in [-0.3, -0.25) is 9.80 Å². The molecule has 0 spiro atoms. The summed E-state index contributed by atoms with van der Waals surface area (Å²) in [6.07, 6.45) is 4.13. The van der Waals surface area contributed by atoms with E-state index >= 15 is 0 Å². The van der Waals surface area contributed by atoms with Crippen LogP contribution >= 0.6 is 0 Å². The van der Waals surface area contributed by atoms with E-state index in [0.717, 1.165) is 18.6 Å². The molecule has 2 saturated heterocycles. The minimum absolute atomic E-state index is 0.624. The van der Waals surface area contributed by atoms with Crippen LogP contribution in [0.4, 0.5) is 0 Å². The van der Waals surface area contributed by atoms with Crippen molar-refractivity contribution in [2.75, 3.05) is 32.7 Å². The quantitative estimate of drug-likeness (QED) is 0.734. The average Bonchev–Trinajstić information content (AvgIpc) is 2.71. The summed E-state index contributed by atoms with van der Waals surface area (Å²) in [6, 6.07) is 2.24. The van der Waals surface area contributed by atoms with Gasteiger partial charge < -0.3 is 5.32 Å². The van der Waals surface area contributed by atoms with Gasteiger partial charge in [-0.15, -0.1) is 0 Å². The van der Waals surface area contributed by atoms with Gasteiger partial charge >= 0.3 is 0 Å². The summed E-state index contributed by atoms with van der Waals surface area (Å²) in [7, 11) is 0. The number of rotatable bonds is 5. The molecule has 0 amide bonds. The van der Waals surface area contributed by atoms with Crippen LogP contribution < -0.4 is 5.32 Å². The number of hydrogen-bond donors (Lipinski definition) is 1. The number of hydrogen-bond acceptors (Lipinski definition) is 3. The molecule has 2 fully saturated rings. The molecule has 0 aromatic heterocycles. The number of nitrogens with zero attached hydrogens (tertiary/aromatic N) is 2. The monoisotopic (exact) mass is 239 g/mol. The summed E-state index contributed by atoms with van der Waals surface area (Å²) in [4.78, 5) is 5.40. The van der Waals surface area contributed by atoms with Crippen molar-refractivity contribution in [2.45, 2.75) is 58.2 Å². The fraction of sp³-hybridized carbons (Fsp3) is 1.00. The standard InChI is InChI=1S/C14H29N3/c1-12(2)15-7-5-9-16-11-14-6-4-8-17(14)10-13(16)3/h12-15H,4-11H2,1-3H3. The summed E-state index contributed by atoms with van der Waals surface area (Å²) in [5, 5.41) is 3.51. The lowest BCUT2D eigenvalue weighted by atomic mass is 10.1. The van der Waals surface area contributed by atoms with Gasteiger partial charge in [0.25, 0.3) is 0 Å². The molecule has 0 aromatic carbocycles. The van der Waals surface area contributed by atoms with Crippen LogP contribution in [0.1, 0.15) is 40.0 Å². The Balaban J connectivity index is 1.69. The van der Waals surface area contributed by atoms with Crippen LogP contribution in [0.15, 0.2) is 0 Å².